The van der Waals surface area contributed by atoms with Gasteiger partial charge in [0.05, 0.1) is 12.2 Å². The van der Waals surface area contributed by atoms with Gasteiger partial charge in [0, 0.05) is 14.2 Å². The second kappa shape index (κ2) is 4.24. The van der Waals surface area contributed by atoms with E-state index in [-0.39, 0.29) is 11.0 Å². The SMILES string of the molecule is CCC(COC)(OC)C(C)(C)C. The van der Waals surface area contributed by atoms with Gasteiger partial charge in [-0.1, -0.05) is 27.7 Å². The van der Waals surface area contributed by atoms with Crippen molar-refractivity contribution in [2.75, 3.05) is 20.8 Å². The predicted molar refractivity (Wildman–Crippen MR) is 51.4 cm³/mol. The van der Waals surface area contributed by atoms with Crippen molar-refractivity contribution in [3.63, 3.8) is 0 Å². The van der Waals surface area contributed by atoms with Crippen LogP contribution in [0.15, 0.2) is 0 Å². The van der Waals surface area contributed by atoms with Crippen molar-refractivity contribution in [3.8, 4) is 0 Å². The molecule has 1 unspecified atom stereocenters. The number of rotatable bonds is 4. The molecular formula is C10H22O2. The first-order chi connectivity index (χ1) is 5.43. The lowest BCUT2D eigenvalue weighted by Gasteiger charge is -2.42. The third-order valence-electron chi connectivity index (χ3n) is 2.71. The van der Waals surface area contributed by atoms with Crippen molar-refractivity contribution < 1.29 is 9.47 Å². The van der Waals surface area contributed by atoms with Crippen LogP contribution in [0.4, 0.5) is 0 Å². The van der Waals surface area contributed by atoms with Gasteiger partial charge in [-0.2, -0.15) is 0 Å². The first kappa shape index (κ1) is 11.9. The van der Waals surface area contributed by atoms with Gasteiger partial charge in [-0.15, -0.1) is 0 Å². The molecule has 0 rings (SSSR count). The van der Waals surface area contributed by atoms with Crippen LogP contribution >= 0.6 is 0 Å². The highest BCUT2D eigenvalue weighted by atomic mass is 16.5. The van der Waals surface area contributed by atoms with Crippen LogP contribution in [0.3, 0.4) is 0 Å². The summed E-state index contributed by atoms with van der Waals surface area (Å²) >= 11 is 0. The maximum absolute atomic E-state index is 5.57. The predicted octanol–water partition coefficient (Wildman–Crippen LogP) is 2.47. The summed E-state index contributed by atoms with van der Waals surface area (Å²) in [5.41, 5.74) is -0.0335. The molecule has 74 valence electrons. The van der Waals surface area contributed by atoms with Crippen LogP contribution in [-0.2, 0) is 9.47 Å². The Morgan fingerprint density at radius 2 is 1.58 bits per heavy atom. The van der Waals surface area contributed by atoms with Crippen LogP contribution in [0.1, 0.15) is 34.1 Å². The van der Waals surface area contributed by atoms with E-state index >= 15 is 0 Å². The minimum absolute atomic E-state index is 0.118. The van der Waals surface area contributed by atoms with Crippen LogP contribution in [0.2, 0.25) is 0 Å². The number of hydrogen-bond donors (Lipinski definition) is 0. The minimum atomic E-state index is -0.151. The van der Waals surface area contributed by atoms with E-state index < -0.39 is 0 Å². The smallest absolute Gasteiger partial charge is 0.0956 e. The van der Waals surface area contributed by atoms with Gasteiger partial charge in [-0.05, 0) is 11.8 Å². The molecule has 2 nitrogen and oxygen atoms in total. The van der Waals surface area contributed by atoms with E-state index in [1.807, 2.05) is 0 Å². The molecule has 0 aromatic carbocycles. The molecule has 0 N–H and O–H groups in total. The van der Waals surface area contributed by atoms with Crippen LogP contribution in [0, 0.1) is 5.41 Å². The average Bonchev–Trinajstić information content (AvgIpc) is 1.98. The molecule has 0 aliphatic rings. The van der Waals surface area contributed by atoms with Crippen molar-refractivity contribution >= 4 is 0 Å². The summed E-state index contributed by atoms with van der Waals surface area (Å²) in [6.07, 6.45) is 0.973. The van der Waals surface area contributed by atoms with Crippen molar-refractivity contribution in [2.45, 2.75) is 39.7 Å². The normalized spacial score (nSPS) is 17.5. The summed E-state index contributed by atoms with van der Waals surface area (Å²) in [5.74, 6) is 0. The molecule has 0 radical (unpaired) electrons. The highest BCUT2D eigenvalue weighted by molar-refractivity contribution is 4.90. The standard InChI is InChI=1S/C10H22O2/c1-7-10(12-6,8-11-5)9(2,3)4/h7-8H2,1-6H3. The van der Waals surface area contributed by atoms with Gasteiger partial charge in [0.15, 0.2) is 0 Å². The Morgan fingerprint density at radius 1 is 1.08 bits per heavy atom. The summed E-state index contributed by atoms with van der Waals surface area (Å²) in [7, 11) is 3.48. The highest BCUT2D eigenvalue weighted by Gasteiger charge is 2.40. The largest absolute Gasteiger partial charge is 0.382 e. The fourth-order valence-corrected chi connectivity index (χ4v) is 1.59. The van der Waals surface area contributed by atoms with Crippen molar-refractivity contribution in [1.29, 1.82) is 0 Å². The lowest BCUT2D eigenvalue weighted by molar-refractivity contribution is -0.132. The van der Waals surface area contributed by atoms with Crippen molar-refractivity contribution in [2.24, 2.45) is 5.41 Å². The zero-order chi connectivity index (χ0) is 9.83. The number of hydrogen-bond acceptors (Lipinski definition) is 2. The highest BCUT2D eigenvalue weighted by Crippen LogP contribution is 2.36. The van der Waals surface area contributed by atoms with E-state index in [4.69, 9.17) is 9.47 Å². The third kappa shape index (κ3) is 2.20. The number of ether oxygens (including phenoxy) is 2. The fourth-order valence-electron chi connectivity index (χ4n) is 1.59. The first-order valence-corrected chi connectivity index (χ1v) is 4.47. The van der Waals surface area contributed by atoms with E-state index in [1.165, 1.54) is 0 Å². The maximum Gasteiger partial charge on any atom is 0.0956 e. The summed E-state index contributed by atoms with van der Waals surface area (Å²) in [4.78, 5) is 0. The monoisotopic (exact) mass is 174 g/mol. The molecule has 2 heteroatoms. The molecule has 1 atom stereocenters. The Labute approximate surface area is 76.3 Å². The van der Waals surface area contributed by atoms with Gasteiger partial charge in [0.2, 0.25) is 0 Å². The molecule has 0 aliphatic carbocycles. The van der Waals surface area contributed by atoms with E-state index in [0.717, 1.165) is 6.42 Å². The lowest BCUT2D eigenvalue weighted by atomic mass is 9.75. The first-order valence-electron chi connectivity index (χ1n) is 4.47. The van der Waals surface area contributed by atoms with Gasteiger partial charge in [0.1, 0.15) is 0 Å². The Hall–Kier alpha value is -0.0800. The quantitative estimate of drug-likeness (QED) is 0.652. The molecule has 0 bridgehead atoms. The average molecular weight is 174 g/mol. The Balaban J connectivity index is 4.57. The van der Waals surface area contributed by atoms with Gasteiger partial charge in [-0.25, -0.2) is 0 Å². The lowest BCUT2D eigenvalue weighted by Crippen LogP contribution is -2.48. The summed E-state index contributed by atoms with van der Waals surface area (Å²) in [6, 6.07) is 0. The Morgan fingerprint density at radius 3 is 1.67 bits per heavy atom. The fraction of sp³-hybridized carbons (Fsp3) is 1.00. The maximum atomic E-state index is 5.57. The number of methoxy groups -OCH3 is 2. The Kier molecular flexibility index (Phi) is 4.21. The van der Waals surface area contributed by atoms with Crippen LogP contribution in [-0.4, -0.2) is 26.4 Å². The summed E-state index contributed by atoms with van der Waals surface area (Å²) in [5, 5.41) is 0. The minimum Gasteiger partial charge on any atom is -0.382 e. The molecule has 0 saturated heterocycles. The van der Waals surface area contributed by atoms with E-state index in [9.17, 15) is 0 Å². The van der Waals surface area contributed by atoms with E-state index in [0.29, 0.717) is 6.61 Å². The van der Waals surface area contributed by atoms with Crippen LogP contribution in [0.25, 0.3) is 0 Å². The second-order valence-electron chi connectivity index (χ2n) is 4.23. The molecule has 0 heterocycles. The third-order valence-corrected chi connectivity index (χ3v) is 2.71. The molecule has 0 saturated carbocycles. The van der Waals surface area contributed by atoms with Crippen LogP contribution in [0.5, 0.6) is 0 Å². The van der Waals surface area contributed by atoms with Gasteiger partial charge < -0.3 is 9.47 Å². The topological polar surface area (TPSA) is 18.5 Å². The molecule has 12 heavy (non-hydrogen) atoms. The van der Waals surface area contributed by atoms with Crippen molar-refractivity contribution in [3.05, 3.63) is 0 Å². The molecule has 0 aliphatic heterocycles. The zero-order valence-corrected chi connectivity index (χ0v) is 9.23. The van der Waals surface area contributed by atoms with Crippen LogP contribution < -0.4 is 0 Å². The van der Waals surface area contributed by atoms with E-state index in [2.05, 4.69) is 27.7 Å². The molecule has 0 spiro atoms. The van der Waals surface area contributed by atoms with Gasteiger partial charge in [0.25, 0.3) is 0 Å². The molecule has 0 fully saturated rings. The molecule has 0 amide bonds. The second-order valence-corrected chi connectivity index (χ2v) is 4.23. The van der Waals surface area contributed by atoms with Crippen molar-refractivity contribution in [1.82, 2.24) is 0 Å². The zero-order valence-electron chi connectivity index (χ0n) is 9.23. The van der Waals surface area contributed by atoms with Gasteiger partial charge >= 0.3 is 0 Å². The molecular weight excluding hydrogens is 152 g/mol. The molecule has 0 aromatic heterocycles. The summed E-state index contributed by atoms with van der Waals surface area (Å²) < 4.78 is 10.8. The Bertz CT molecular complexity index is 120. The molecule has 0 aromatic rings. The van der Waals surface area contributed by atoms with E-state index in [1.54, 1.807) is 14.2 Å². The summed E-state index contributed by atoms with van der Waals surface area (Å²) in [6.45, 7) is 9.33. The van der Waals surface area contributed by atoms with Gasteiger partial charge in [-0.3, -0.25) is 0 Å².